The van der Waals surface area contributed by atoms with Crippen LogP contribution in [-0.2, 0) is 13.1 Å². The molecule has 0 spiro atoms. The van der Waals surface area contributed by atoms with Crippen LogP contribution in [0.5, 0.6) is 0 Å². The average Bonchev–Trinajstić information content (AvgIpc) is 2.79. The number of rotatable bonds is 10. The van der Waals surface area contributed by atoms with E-state index in [9.17, 15) is 0 Å². The summed E-state index contributed by atoms with van der Waals surface area (Å²) in [4.78, 5) is 9.98. The Morgan fingerprint density at radius 1 is 0.533 bits per heavy atom. The highest BCUT2D eigenvalue weighted by molar-refractivity contribution is 5.48. The van der Waals surface area contributed by atoms with Crippen molar-refractivity contribution >= 4 is 11.4 Å². The zero-order valence-corrected chi connectivity index (χ0v) is 19.5. The van der Waals surface area contributed by atoms with Crippen molar-refractivity contribution in [1.82, 2.24) is 9.80 Å². The fourth-order valence-electron chi connectivity index (χ4n) is 4.42. The summed E-state index contributed by atoms with van der Waals surface area (Å²) in [6.07, 6.45) is 0. The highest BCUT2D eigenvalue weighted by atomic mass is 15.3. The molecule has 0 aliphatic carbocycles. The van der Waals surface area contributed by atoms with Gasteiger partial charge in [0.15, 0.2) is 0 Å². The molecule has 0 N–H and O–H groups in total. The van der Waals surface area contributed by atoms with Crippen LogP contribution in [0.4, 0.5) is 11.4 Å². The van der Waals surface area contributed by atoms with Gasteiger partial charge in [0.25, 0.3) is 0 Å². The second-order valence-corrected chi connectivity index (χ2v) is 8.23. The van der Waals surface area contributed by atoms with Gasteiger partial charge in [0, 0.05) is 76.8 Å². The fourth-order valence-corrected chi connectivity index (χ4v) is 4.42. The van der Waals surface area contributed by atoms with Gasteiger partial charge in [-0.15, -0.1) is 0 Å². The van der Waals surface area contributed by atoms with Crippen LogP contribution in [-0.4, -0.2) is 62.2 Å². The first-order chi connectivity index (χ1) is 14.7. The molecule has 1 fully saturated rings. The normalized spacial score (nSPS) is 15.3. The van der Waals surface area contributed by atoms with Gasteiger partial charge in [-0.25, -0.2) is 0 Å². The Morgan fingerprint density at radius 3 is 1.10 bits per heavy atom. The maximum atomic E-state index is 2.59. The van der Waals surface area contributed by atoms with Crippen molar-refractivity contribution in [1.29, 1.82) is 0 Å². The molecule has 1 heterocycles. The minimum Gasteiger partial charge on any atom is -0.372 e. The fraction of sp³-hybridized carbons (Fsp3) is 0.538. The lowest BCUT2D eigenvalue weighted by atomic mass is 10.1. The predicted molar refractivity (Wildman–Crippen MR) is 131 cm³/mol. The summed E-state index contributed by atoms with van der Waals surface area (Å²) < 4.78 is 0. The number of nitrogens with zero attached hydrogens (tertiary/aromatic N) is 4. The number of benzene rings is 2. The van der Waals surface area contributed by atoms with Gasteiger partial charge in [-0.2, -0.15) is 0 Å². The molecule has 1 saturated heterocycles. The van der Waals surface area contributed by atoms with Crippen LogP contribution in [0, 0.1) is 0 Å². The molecule has 1 aliphatic heterocycles. The topological polar surface area (TPSA) is 13.0 Å². The monoisotopic (exact) mass is 408 g/mol. The number of hydrogen-bond acceptors (Lipinski definition) is 4. The molecule has 3 rings (SSSR count). The molecular weight excluding hydrogens is 368 g/mol. The first kappa shape index (κ1) is 22.6. The zero-order valence-electron chi connectivity index (χ0n) is 19.5. The molecule has 0 saturated carbocycles. The van der Waals surface area contributed by atoms with Gasteiger partial charge >= 0.3 is 0 Å². The third-order valence-corrected chi connectivity index (χ3v) is 6.41. The van der Waals surface area contributed by atoms with E-state index in [0.29, 0.717) is 0 Å². The van der Waals surface area contributed by atoms with E-state index >= 15 is 0 Å². The molecule has 0 aromatic heterocycles. The van der Waals surface area contributed by atoms with Gasteiger partial charge in [0.2, 0.25) is 0 Å². The van der Waals surface area contributed by atoms with Crippen molar-refractivity contribution in [2.24, 2.45) is 0 Å². The van der Waals surface area contributed by atoms with E-state index in [-0.39, 0.29) is 0 Å². The van der Waals surface area contributed by atoms with Crippen LogP contribution in [0.1, 0.15) is 38.8 Å². The Balaban J connectivity index is 1.46. The number of anilines is 2. The molecule has 0 bridgehead atoms. The maximum absolute atomic E-state index is 2.59. The Hall–Kier alpha value is -2.04. The molecule has 2 aromatic carbocycles. The Labute approximate surface area is 184 Å². The molecule has 0 unspecified atom stereocenters. The van der Waals surface area contributed by atoms with E-state index in [4.69, 9.17) is 0 Å². The van der Waals surface area contributed by atoms with Crippen molar-refractivity contribution in [2.75, 3.05) is 62.2 Å². The Kier molecular flexibility index (Phi) is 8.59. The van der Waals surface area contributed by atoms with E-state index in [1.54, 1.807) is 0 Å². The maximum Gasteiger partial charge on any atom is 0.0366 e. The first-order valence-electron chi connectivity index (χ1n) is 11.8. The van der Waals surface area contributed by atoms with E-state index in [0.717, 1.165) is 65.4 Å². The van der Waals surface area contributed by atoms with Gasteiger partial charge in [-0.1, -0.05) is 24.3 Å². The quantitative estimate of drug-likeness (QED) is 0.565. The highest BCUT2D eigenvalue weighted by Gasteiger charge is 2.17. The average molecular weight is 409 g/mol. The van der Waals surface area contributed by atoms with Gasteiger partial charge < -0.3 is 9.80 Å². The molecule has 4 nitrogen and oxygen atoms in total. The van der Waals surface area contributed by atoms with Gasteiger partial charge in [0.05, 0.1) is 0 Å². The van der Waals surface area contributed by atoms with Crippen LogP contribution in [0.15, 0.2) is 48.5 Å². The summed E-state index contributed by atoms with van der Waals surface area (Å²) >= 11 is 0. The lowest BCUT2D eigenvalue weighted by Gasteiger charge is -2.35. The SMILES string of the molecule is CCN(CC)c1ccc(CN2CCN(Cc3ccc(N(CC)CC)cc3)CC2)cc1. The molecule has 0 amide bonds. The molecule has 30 heavy (non-hydrogen) atoms. The first-order valence-corrected chi connectivity index (χ1v) is 11.8. The number of hydrogen-bond donors (Lipinski definition) is 0. The Morgan fingerprint density at radius 2 is 0.833 bits per heavy atom. The van der Waals surface area contributed by atoms with Crippen molar-refractivity contribution < 1.29 is 0 Å². The minimum atomic E-state index is 1.06. The van der Waals surface area contributed by atoms with Gasteiger partial charge in [0.1, 0.15) is 0 Å². The summed E-state index contributed by atoms with van der Waals surface area (Å²) in [5.74, 6) is 0. The minimum absolute atomic E-state index is 1.06. The zero-order chi connectivity index (χ0) is 21.3. The van der Waals surface area contributed by atoms with E-state index in [1.807, 2.05) is 0 Å². The van der Waals surface area contributed by atoms with Crippen LogP contribution >= 0.6 is 0 Å². The standard InChI is InChI=1S/C26H40N4/c1-5-29(6-2)25-13-9-23(10-14-25)21-27-17-19-28(20-18-27)22-24-11-15-26(16-12-24)30(7-3)8-4/h9-16H,5-8,17-22H2,1-4H3. The van der Waals surface area contributed by atoms with E-state index < -0.39 is 0 Å². The third-order valence-electron chi connectivity index (χ3n) is 6.41. The lowest BCUT2D eigenvalue weighted by molar-refractivity contribution is 0.122. The lowest BCUT2D eigenvalue weighted by Crippen LogP contribution is -2.45. The summed E-state index contributed by atoms with van der Waals surface area (Å²) in [5.41, 5.74) is 5.51. The molecule has 1 aliphatic rings. The van der Waals surface area contributed by atoms with Crippen molar-refractivity contribution in [2.45, 2.75) is 40.8 Å². The summed E-state index contributed by atoms with van der Waals surface area (Å²) in [6.45, 7) is 19.8. The van der Waals surface area contributed by atoms with Crippen molar-refractivity contribution in [3.63, 3.8) is 0 Å². The van der Waals surface area contributed by atoms with E-state index in [1.165, 1.54) is 22.5 Å². The molecular formula is C26H40N4. The highest BCUT2D eigenvalue weighted by Crippen LogP contribution is 2.19. The molecule has 4 heteroatoms. The van der Waals surface area contributed by atoms with Crippen LogP contribution < -0.4 is 9.80 Å². The smallest absolute Gasteiger partial charge is 0.0366 e. The summed E-state index contributed by atoms with van der Waals surface area (Å²) in [5, 5.41) is 0. The molecule has 164 valence electrons. The summed E-state index contributed by atoms with van der Waals surface area (Å²) in [7, 11) is 0. The van der Waals surface area contributed by atoms with E-state index in [2.05, 4.69) is 95.8 Å². The van der Waals surface area contributed by atoms with Crippen LogP contribution in [0.25, 0.3) is 0 Å². The number of piperazine rings is 1. The third kappa shape index (κ3) is 5.99. The molecule has 0 atom stereocenters. The van der Waals surface area contributed by atoms with Gasteiger partial charge in [-0.3, -0.25) is 9.80 Å². The predicted octanol–water partition coefficient (Wildman–Crippen LogP) is 4.70. The van der Waals surface area contributed by atoms with Crippen LogP contribution in [0.3, 0.4) is 0 Å². The molecule has 0 radical (unpaired) electrons. The summed E-state index contributed by atoms with van der Waals surface area (Å²) in [6, 6.07) is 18.3. The second kappa shape index (κ2) is 11.4. The van der Waals surface area contributed by atoms with Gasteiger partial charge in [-0.05, 0) is 63.1 Å². The van der Waals surface area contributed by atoms with Crippen molar-refractivity contribution in [3.8, 4) is 0 Å². The Bertz CT molecular complexity index is 659. The molecule has 2 aromatic rings. The second-order valence-electron chi connectivity index (χ2n) is 8.23. The van der Waals surface area contributed by atoms with Crippen LogP contribution in [0.2, 0.25) is 0 Å². The largest absolute Gasteiger partial charge is 0.372 e. The van der Waals surface area contributed by atoms with Crippen molar-refractivity contribution in [3.05, 3.63) is 59.7 Å².